The number of benzene rings is 1. The molecule has 0 atom stereocenters. The smallest absolute Gasteiger partial charge is 0.359 e. The summed E-state index contributed by atoms with van der Waals surface area (Å²) in [5.41, 5.74) is 0. The van der Waals surface area contributed by atoms with E-state index in [1.54, 1.807) is 0 Å². The van der Waals surface area contributed by atoms with E-state index in [0.717, 1.165) is 12.1 Å². The van der Waals surface area contributed by atoms with Crippen LogP contribution in [0.1, 0.15) is 0 Å². The van der Waals surface area contributed by atoms with Gasteiger partial charge >= 0.3 is 10.4 Å². The van der Waals surface area contributed by atoms with Crippen molar-refractivity contribution in [1.29, 1.82) is 0 Å². The first-order valence-corrected chi connectivity index (χ1v) is 4.83. The van der Waals surface area contributed by atoms with E-state index >= 15 is 0 Å². The van der Waals surface area contributed by atoms with Crippen LogP contribution in [0.3, 0.4) is 0 Å². The first-order valence-electron chi connectivity index (χ1n) is 3.47. The fourth-order valence-electron chi connectivity index (χ4n) is 0.788. The third-order valence-corrected chi connectivity index (χ3v) is 1.61. The minimum atomic E-state index is -4.74. The summed E-state index contributed by atoms with van der Waals surface area (Å²) in [7, 11) is -4.74. The van der Waals surface area contributed by atoms with E-state index in [4.69, 9.17) is 4.55 Å². The van der Waals surface area contributed by atoms with Gasteiger partial charge in [-0.1, -0.05) is 12.1 Å². The number of rotatable bonds is 4. The van der Waals surface area contributed by atoms with Crippen LogP contribution in [-0.4, -0.2) is 18.1 Å². The summed E-state index contributed by atoms with van der Waals surface area (Å²) in [6.07, 6.45) is 0. The molecule has 0 bridgehead atoms. The van der Waals surface area contributed by atoms with Crippen molar-refractivity contribution in [3.05, 3.63) is 34.4 Å². The van der Waals surface area contributed by atoms with E-state index in [9.17, 15) is 18.5 Å². The molecule has 0 fully saturated rings. The summed E-state index contributed by atoms with van der Waals surface area (Å²) in [4.78, 5) is 14.0. The van der Waals surface area contributed by atoms with Gasteiger partial charge in [0.25, 0.3) is 5.09 Å². The van der Waals surface area contributed by atoms with E-state index in [2.05, 4.69) is 9.02 Å². The second kappa shape index (κ2) is 4.11. The highest BCUT2D eigenvalue weighted by atomic mass is 32.3. The maximum Gasteiger partial charge on any atom is 0.446 e. The molecule has 0 radical (unpaired) electrons. The first-order chi connectivity index (χ1) is 6.88. The van der Waals surface area contributed by atoms with Crippen LogP contribution in [0.5, 0.6) is 11.5 Å². The summed E-state index contributed by atoms with van der Waals surface area (Å²) in [6, 6.07) is 4.93. The predicted molar refractivity (Wildman–Crippen MR) is 46.2 cm³/mol. The molecule has 0 amide bonds. The highest BCUT2D eigenvalue weighted by Crippen LogP contribution is 2.27. The topological polar surface area (TPSA) is 116 Å². The zero-order chi connectivity index (χ0) is 11.5. The van der Waals surface area contributed by atoms with Gasteiger partial charge in [0, 0.05) is 0 Å². The second-order valence-electron chi connectivity index (χ2n) is 2.27. The molecular formula is C6H5NO7S. The van der Waals surface area contributed by atoms with Crippen LogP contribution in [0.15, 0.2) is 24.3 Å². The summed E-state index contributed by atoms with van der Waals surface area (Å²) in [6.45, 7) is 0. The van der Waals surface area contributed by atoms with Gasteiger partial charge < -0.3 is 4.18 Å². The zero-order valence-electron chi connectivity index (χ0n) is 7.06. The van der Waals surface area contributed by atoms with Crippen LogP contribution in [0.4, 0.5) is 0 Å². The second-order valence-corrected chi connectivity index (χ2v) is 3.29. The van der Waals surface area contributed by atoms with Crippen molar-refractivity contribution in [2.24, 2.45) is 0 Å². The molecule has 8 nitrogen and oxygen atoms in total. The van der Waals surface area contributed by atoms with Crippen molar-refractivity contribution in [3.8, 4) is 11.5 Å². The quantitative estimate of drug-likeness (QED) is 0.457. The highest BCUT2D eigenvalue weighted by Gasteiger charge is 2.13. The minimum absolute atomic E-state index is 0.430. The Labute approximate surface area is 84.1 Å². The third kappa shape index (κ3) is 3.79. The first kappa shape index (κ1) is 11.2. The van der Waals surface area contributed by atoms with Gasteiger partial charge in [-0.2, -0.15) is 8.42 Å². The van der Waals surface area contributed by atoms with Gasteiger partial charge in [-0.3, -0.25) is 9.39 Å². The van der Waals surface area contributed by atoms with Gasteiger partial charge in [-0.15, -0.1) is 10.1 Å². The molecule has 0 aliphatic carbocycles. The summed E-state index contributed by atoms with van der Waals surface area (Å²) >= 11 is 0. The SMILES string of the molecule is O=[N+]([O-])Oc1ccccc1OS(=O)(=O)O. The molecule has 1 aromatic rings. The molecule has 15 heavy (non-hydrogen) atoms. The molecule has 0 heterocycles. The molecule has 1 N–H and O–H groups in total. The Hall–Kier alpha value is -1.87. The fraction of sp³-hybridized carbons (Fsp3) is 0. The Bertz CT molecular complexity index is 468. The molecular weight excluding hydrogens is 230 g/mol. The highest BCUT2D eigenvalue weighted by molar-refractivity contribution is 7.81. The predicted octanol–water partition coefficient (Wildman–Crippen LogP) is 0.439. The summed E-state index contributed by atoms with van der Waals surface area (Å²) in [5.74, 6) is -0.906. The number of nitrogens with zero attached hydrogens (tertiary/aromatic N) is 1. The fourth-order valence-corrected chi connectivity index (χ4v) is 1.15. The lowest BCUT2D eigenvalue weighted by atomic mass is 10.3. The van der Waals surface area contributed by atoms with Gasteiger partial charge in [0.2, 0.25) is 0 Å². The van der Waals surface area contributed by atoms with E-state index < -0.39 is 27.0 Å². The normalized spacial score (nSPS) is 10.7. The minimum Gasteiger partial charge on any atom is -0.359 e. The van der Waals surface area contributed by atoms with Crippen molar-refractivity contribution in [2.45, 2.75) is 0 Å². The van der Waals surface area contributed by atoms with Gasteiger partial charge in [-0.05, 0) is 12.1 Å². The number of hydrogen-bond acceptors (Lipinski definition) is 6. The molecule has 0 spiro atoms. The summed E-state index contributed by atoms with van der Waals surface area (Å²) in [5, 5.41) is 8.87. The van der Waals surface area contributed by atoms with E-state index in [-0.39, 0.29) is 0 Å². The van der Waals surface area contributed by atoms with Crippen LogP contribution in [0.25, 0.3) is 0 Å². The molecule has 82 valence electrons. The standard InChI is InChI=1S/C6H5NO7S/c8-7(9)13-5-3-1-2-4-6(5)14-15(10,11)12/h1-4H,(H,10,11,12). The van der Waals surface area contributed by atoms with E-state index in [1.165, 1.54) is 12.1 Å². The average molecular weight is 235 g/mol. The lowest BCUT2D eigenvalue weighted by Gasteiger charge is -2.05. The molecule has 9 heteroatoms. The summed E-state index contributed by atoms with van der Waals surface area (Å²) < 4.78 is 33.1. The van der Waals surface area contributed by atoms with Gasteiger partial charge in [0.15, 0.2) is 11.5 Å². The Morgan fingerprint density at radius 3 is 2.27 bits per heavy atom. The molecule has 0 saturated heterocycles. The molecule has 0 aliphatic rings. The van der Waals surface area contributed by atoms with Gasteiger partial charge in [0.05, 0.1) is 0 Å². The Balaban J connectivity index is 3.01. The number of hydrogen-bond donors (Lipinski definition) is 1. The van der Waals surface area contributed by atoms with Crippen molar-refractivity contribution < 1.29 is 27.1 Å². The van der Waals surface area contributed by atoms with Gasteiger partial charge in [0.1, 0.15) is 0 Å². The Morgan fingerprint density at radius 2 is 1.80 bits per heavy atom. The third-order valence-electron chi connectivity index (χ3n) is 1.22. The Kier molecular flexibility index (Phi) is 3.07. The number of para-hydroxylation sites is 2. The maximum atomic E-state index is 10.3. The Morgan fingerprint density at radius 1 is 1.27 bits per heavy atom. The van der Waals surface area contributed by atoms with Gasteiger partial charge in [-0.25, -0.2) is 0 Å². The van der Waals surface area contributed by atoms with E-state index in [0.29, 0.717) is 0 Å². The maximum absolute atomic E-state index is 10.3. The molecule has 0 unspecified atom stereocenters. The van der Waals surface area contributed by atoms with E-state index in [1.807, 2.05) is 0 Å². The zero-order valence-corrected chi connectivity index (χ0v) is 7.88. The lowest BCUT2D eigenvalue weighted by Crippen LogP contribution is -2.10. The lowest BCUT2D eigenvalue weighted by molar-refractivity contribution is -0.711. The van der Waals surface area contributed by atoms with Crippen molar-refractivity contribution in [1.82, 2.24) is 0 Å². The van der Waals surface area contributed by atoms with Crippen LogP contribution >= 0.6 is 0 Å². The molecule has 0 saturated carbocycles. The van der Waals surface area contributed by atoms with Crippen LogP contribution in [-0.2, 0) is 10.4 Å². The molecule has 0 aliphatic heterocycles. The largest absolute Gasteiger partial charge is 0.446 e. The van der Waals surface area contributed by atoms with Crippen molar-refractivity contribution in [3.63, 3.8) is 0 Å². The van der Waals surface area contributed by atoms with Crippen LogP contribution < -0.4 is 9.02 Å². The molecule has 1 aromatic carbocycles. The molecule has 0 aromatic heterocycles. The van der Waals surface area contributed by atoms with Crippen molar-refractivity contribution >= 4 is 10.4 Å². The monoisotopic (exact) mass is 235 g/mol. The molecule has 1 rings (SSSR count). The van der Waals surface area contributed by atoms with Crippen LogP contribution in [0, 0.1) is 10.1 Å². The van der Waals surface area contributed by atoms with Crippen molar-refractivity contribution in [2.75, 3.05) is 0 Å². The van der Waals surface area contributed by atoms with Crippen LogP contribution in [0.2, 0.25) is 0 Å². The average Bonchev–Trinajstić information content (AvgIpc) is 2.05.